The molecule has 2 rings (SSSR count). The largest absolute Gasteiger partial charge is 0.339 e. The van der Waals surface area contributed by atoms with Crippen molar-refractivity contribution in [2.24, 2.45) is 0 Å². The van der Waals surface area contributed by atoms with Crippen molar-refractivity contribution in [2.45, 2.75) is 18.9 Å². The van der Waals surface area contributed by atoms with Crippen LogP contribution in [0.5, 0.6) is 0 Å². The maximum Gasteiger partial charge on any atom is 0.243 e. The third kappa shape index (κ3) is 3.74. The van der Waals surface area contributed by atoms with Gasteiger partial charge >= 0.3 is 0 Å². The molecule has 0 radical (unpaired) electrons. The van der Waals surface area contributed by atoms with Crippen LogP contribution >= 0.6 is 0 Å². The Bertz CT molecular complexity index is 377. The summed E-state index contributed by atoms with van der Waals surface area (Å²) in [4.78, 5) is 38.5. The molecular formula is C12H20N4O3. The summed E-state index contributed by atoms with van der Waals surface area (Å²) in [7, 11) is 2.03. The molecule has 0 spiro atoms. The van der Waals surface area contributed by atoms with Crippen LogP contribution in [0.1, 0.15) is 12.8 Å². The Morgan fingerprint density at radius 3 is 2.63 bits per heavy atom. The van der Waals surface area contributed by atoms with Crippen LogP contribution in [0, 0.1) is 0 Å². The van der Waals surface area contributed by atoms with E-state index in [9.17, 15) is 14.4 Å². The zero-order chi connectivity index (χ0) is 13.8. The molecule has 1 atom stereocenters. The van der Waals surface area contributed by atoms with E-state index in [1.165, 1.54) is 0 Å². The van der Waals surface area contributed by atoms with E-state index in [4.69, 9.17) is 0 Å². The molecule has 0 bridgehead atoms. The fourth-order valence-corrected chi connectivity index (χ4v) is 2.27. The monoisotopic (exact) mass is 268 g/mol. The van der Waals surface area contributed by atoms with Gasteiger partial charge in [0.2, 0.25) is 17.7 Å². The van der Waals surface area contributed by atoms with E-state index in [0.29, 0.717) is 12.8 Å². The summed E-state index contributed by atoms with van der Waals surface area (Å²) < 4.78 is 0. The summed E-state index contributed by atoms with van der Waals surface area (Å²) in [6.07, 6.45) is 0.785. The molecule has 1 unspecified atom stereocenters. The number of piperazine rings is 1. The number of hydrogen-bond acceptors (Lipinski definition) is 5. The number of amides is 3. The van der Waals surface area contributed by atoms with E-state index in [-0.39, 0.29) is 24.3 Å². The third-order valence-electron chi connectivity index (χ3n) is 3.59. The van der Waals surface area contributed by atoms with Crippen molar-refractivity contribution in [3.63, 3.8) is 0 Å². The average Bonchev–Trinajstić information content (AvgIpc) is 2.38. The van der Waals surface area contributed by atoms with Crippen molar-refractivity contribution in [2.75, 3.05) is 39.8 Å². The molecule has 0 aromatic rings. The fourth-order valence-electron chi connectivity index (χ4n) is 2.27. The SMILES string of the molecule is CN1CCN(C(=O)CNC2CCC(=O)NC2=O)CC1. The lowest BCUT2D eigenvalue weighted by atomic mass is 10.1. The average molecular weight is 268 g/mol. The Kier molecular flexibility index (Phi) is 4.49. The molecule has 0 saturated carbocycles. The smallest absolute Gasteiger partial charge is 0.243 e. The predicted molar refractivity (Wildman–Crippen MR) is 68.3 cm³/mol. The third-order valence-corrected chi connectivity index (χ3v) is 3.59. The minimum atomic E-state index is -0.436. The molecule has 2 aliphatic heterocycles. The minimum Gasteiger partial charge on any atom is -0.339 e. The molecule has 0 aromatic carbocycles. The van der Waals surface area contributed by atoms with Crippen molar-refractivity contribution < 1.29 is 14.4 Å². The van der Waals surface area contributed by atoms with Gasteiger partial charge in [0.15, 0.2) is 0 Å². The number of nitrogens with one attached hydrogen (secondary N) is 2. The summed E-state index contributed by atoms with van der Waals surface area (Å²) in [5, 5.41) is 5.20. The fraction of sp³-hybridized carbons (Fsp3) is 0.750. The molecule has 2 fully saturated rings. The van der Waals surface area contributed by atoms with Gasteiger partial charge in [0.25, 0.3) is 0 Å². The van der Waals surface area contributed by atoms with E-state index in [2.05, 4.69) is 15.5 Å². The Labute approximate surface area is 112 Å². The first-order valence-electron chi connectivity index (χ1n) is 6.59. The Morgan fingerprint density at radius 1 is 1.32 bits per heavy atom. The van der Waals surface area contributed by atoms with Gasteiger partial charge in [-0.05, 0) is 13.5 Å². The lowest BCUT2D eigenvalue weighted by Crippen LogP contribution is -2.54. The first-order chi connectivity index (χ1) is 9.06. The van der Waals surface area contributed by atoms with Crippen molar-refractivity contribution in [1.82, 2.24) is 20.4 Å². The van der Waals surface area contributed by atoms with Crippen LogP contribution in [-0.4, -0.2) is 73.3 Å². The Hall–Kier alpha value is -1.47. The van der Waals surface area contributed by atoms with Crippen LogP contribution in [0.4, 0.5) is 0 Å². The highest BCUT2D eigenvalue weighted by Gasteiger charge is 2.27. The minimum absolute atomic E-state index is 0.0119. The van der Waals surface area contributed by atoms with E-state index in [0.717, 1.165) is 26.2 Å². The van der Waals surface area contributed by atoms with Gasteiger partial charge in [-0.1, -0.05) is 0 Å². The molecule has 19 heavy (non-hydrogen) atoms. The predicted octanol–water partition coefficient (Wildman–Crippen LogP) is -1.84. The van der Waals surface area contributed by atoms with Crippen LogP contribution < -0.4 is 10.6 Å². The van der Waals surface area contributed by atoms with Gasteiger partial charge in [0, 0.05) is 32.6 Å². The second-order valence-electron chi connectivity index (χ2n) is 5.07. The molecule has 0 aliphatic carbocycles. The van der Waals surface area contributed by atoms with E-state index in [1.54, 1.807) is 4.90 Å². The van der Waals surface area contributed by atoms with Crippen molar-refractivity contribution in [3.8, 4) is 0 Å². The normalized spacial score (nSPS) is 25.3. The van der Waals surface area contributed by atoms with Gasteiger partial charge in [-0.15, -0.1) is 0 Å². The van der Waals surface area contributed by atoms with Crippen LogP contribution in [0.2, 0.25) is 0 Å². The van der Waals surface area contributed by atoms with Crippen LogP contribution in [0.3, 0.4) is 0 Å². The molecule has 2 heterocycles. The van der Waals surface area contributed by atoms with Gasteiger partial charge in [-0.2, -0.15) is 0 Å². The highest BCUT2D eigenvalue weighted by atomic mass is 16.2. The molecule has 106 valence electrons. The number of carbonyl (C=O) groups excluding carboxylic acids is 3. The molecule has 7 nitrogen and oxygen atoms in total. The molecule has 3 amide bonds. The second-order valence-corrected chi connectivity index (χ2v) is 5.07. The van der Waals surface area contributed by atoms with Crippen molar-refractivity contribution in [1.29, 1.82) is 0 Å². The van der Waals surface area contributed by atoms with E-state index < -0.39 is 6.04 Å². The van der Waals surface area contributed by atoms with Gasteiger partial charge < -0.3 is 9.80 Å². The number of carbonyl (C=O) groups is 3. The summed E-state index contributed by atoms with van der Waals surface area (Å²) in [6, 6.07) is -0.436. The van der Waals surface area contributed by atoms with E-state index >= 15 is 0 Å². The Balaban J connectivity index is 1.74. The second kappa shape index (κ2) is 6.12. The number of rotatable bonds is 3. The van der Waals surface area contributed by atoms with Crippen molar-refractivity contribution in [3.05, 3.63) is 0 Å². The maximum atomic E-state index is 12.0. The summed E-state index contributed by atoms with van der Waals surface area (Å²) >= 11 is 0. The molecule has 2 saturated heterocycles. The first kappa shape index (κ1) is 14.0. The zero-order valence-corrected chi connectivity index (χ0v) is 11.1. The quantitative estimate of drug-likeness (QED) is 0.588. The zero-order valence-electron chi connectivity index (χ0n) is 11.1. The summed E-state index contributed by atoms with van der Waals surface area (Å²) in [5.41, 5.74) is 0. The molecule has 2 N–H and O–H groups in total. The van der Waals surface area contributed by atoms with Crippen LogP contribution in [0.25, 0.3) is 0 Å². The summed E-state index contributed by atoms with van der Waals surface area (Å²) in [5.74, 6) is -0.561. The van der Waals surface area contributed by atoms with Crippen LogP contribution in [0.15, 0.2) is 0 Å². The molecule has 2 aliphatic rings. The maximum absolute atomic E-state index is 12.0. The highest BCUT2D eigenvalue weighted by molar-refractivity contribution is 6.00. The lowest BCUT2D eigenvalue weighted by Gasteiger charge is -2.33. The summed E-state index contributed by atoms with van der Waals surface area (Å²) in [6.45, 7) is 3.36. The number of hydrogen-bond donors (Lipinski definition) is 2. The van der Waals surface area contributed by atoms with Crippen LogP contribution in [-0.2, 0) is 14.4 Å². The Morgan fingerprint density at radius 2 is 2.00 bits per heavy atom. The standard InChI is InChI=1S/C12H20N4O3/c1-15-4-6-16(7-5-15)11(18)8-13-9-2-3-10(17)14-12(9)19/h9,13H,2-8H2,1H3,(H,14,17,19). The molecular weight excluding hydrogens is 248 g/mol. The van der Waals surface area contributed by atoms with Gasteiger partial charge in [0.05, 0.1) is 12.6 Å². The number of nitrogens with zero attached hydrogens (tertiary/aromatic N) is 2. The molecule has 0 aromatic heterocycles. The number of piperidine rings is 1. The first-order valence-corrected chi connectivity index (χ1v) is 6.59. The lowest BCUT2D eigenvalue weighted by molar-refractivity contribution is -0.135. The number of imide groups is 1. The van der Waals surface area contributed by atoms with Gasteiger partial charge in [-0.3, -0.25) is 25.0 Å². The molecule has 7 heteroatoms. The van der Waals surface area contributed by atoms with Gasteiger partial charge in [0.1, 0.15) is 0 Å². The topological polar surface area (TPSA) is 81.8 Å². The highest BCUT2D eigenvalue weighted by Crippen LogP contribution is 2.04. The van der Waals surface area contributed by atoms with Gasteiger partial charge in [-0.25, -0.2) is 0 Å². The van der Waals surface area contributed by atoms with Crippen molar-refractivity contribution >= 4 is 17.7 Å². The van der Waals surface area contributed by atoms with E-state index in [1.807, 2.05) is 7.05 Å². The number of likely N-dealkylation sites (N-methyl/N-ethyl adjacent to an activating group) is 1.